The number of carbonyl (C=O) groups excluding carboxylic acids is 1. The highest BCUT2D eigenvalue weighted by atomic mass is 19.4. The second-order valence-corrected chi connectivity index (χ2v) is 5.44. The molecule has 1 fully saturated rings. The topological polar surface area (TPSA) is 84.2 Å². The Labute approximate surface area is 127 Å². The van der Waals surface area contributed by atoms with Gasteiger partial charge in [0.25, 0.3) is 0 Å². The lowest BCUT2D eigenvalue weighted by atomic mass is 10.2. The van der Waals surface area contributed by atoms with E-state index in [1.165, 1.54) is 18.2 Å². The van der Waals surface area contributed by atoms with Crippen LogP contribution in [0.2, 0.25) is 0 Å². The molecule has 3 rings (SSSR count). The van der Waals surface area contributed by atoms with E-state index >= 15 is 0 Å². The van der Waals surface area contributed by atoms with Crippen LogP contribution in [0.25, 0.3) is 11.0 Å². The van der Waals surface area contributed by atoms with Crippen LogP contribution in [0, 0.1) is 0 Å². The molecule has 1 aromatic heterocycles. The van der Waals surface area contributed by atoms with Gasteiger partial charge in [-0.1, -0.05) is 12.1 Å². The third-order valence-corrected chi connectivity index (χ3v) is 3.75. The predicted octanol–water partition coefficient (Wildman–Crippen LogP) is 1.79. The van der Waals surface area contributed by atoms with Crippen LogP contribution in [0.3, 0.4) is 0 Å². The maximum atomic E-state index is 13.1. The monoisotopic (exact) mass is 327 g/mol. The number of para-hydroxylation sites is 2. The summed E-state index contributed by atoms with van der Waals surface area (Å²) in [6.45, 7) is -0.648. The van der Waals surface area contributed by atoms with Gasteiger partial charge in [0.05, 0.1) is 11.0 Å². The lowest BCUT2D eigenvalue weighted by Gasteiger charge is -2.15. The van der Waals surface area contributed by atoms with Gasteiger partial charge in [-0.2, -0.15) is 13.2 Å². The Kier molecular flexibility index (Phi) is 3.31. The van der Waals surface area contributed by atoms with Gasteiger partial charge in [-0.05, 0) is 25.0 Å². The minimum absolute atomic E-state index is 0.118. The van der Waals surface area contributed by atoms with Gasteiger partial charge in [-0.3, -0.25) is 4.79 Å². The summed E-state index contributed by atoms with van der Waals surface area (Å²) in [6.07, 6.45) is -4.18. The summed E-state index contributed by atoms with van der Waals surface area (Å²) in [5, 5.41) is 11.3. The van der Waals surface area contributed by atoms with E-state index in [0.717, 1.165) is 4.57 Å². The molecule has 122 valence electrons. The Morgan fingerprint density at radius 1 is 1.30 bits per heavy atom. The highest BCUT2D eigenvalue weighted by Crippen LogP contribution is 2.36. The summed E-state index contributed by atoms with van der Waals surface area (Å²) >= 11 is 0. The molecule has 9 heteroatoms. The fourth-order valence-electron chi connectivity index (χ4n) is 2.42. The van der Waals surface area contributed by atoms with Crippen molar-refractivity contribution in [2.24, 2.45) is 0 Å². The van der Waals surface area contributed by atoms with E-state index in [4.69, 9.17) is 5.11 Å². The molecule has 6 nitrogen and oxygen atoms in total. The number of benzene rings is 1. The normalized spacial score (nSPS) is 16.3. The molecule has 0 saturated heterocycles. The molecule has 23 heavy (non-hydrogen) atoms. The first-order valence-corrected chi connectivity index (χ1v) is 6.80. The van der Waals surface area contributed by atoms with Crippen LogP contribution < -0.4 is 5.32 Å². The number of carbonyl (C=O) groups is 2. The van der Waals surface area contributed by atoms with Gasteiger partial charge in [0.1, 0.15) is 12.1 Å². The Morgan fingerprint density at radius 3 is 2.52 bits per heavy atom. The maximum Gasteiger partial charge on any atom is 0.449 e. The van der Waals surface area contributed by atoms with Crippen LogP contribution in [-0.4, -0.2) is 32.1 Å². The molecule has 0 aliphatic heterocycles. The van der Waals surface area contributed by atoms with E-state index in [-0.39, 0.29) is 23.9 Å². The van der Waals surface area contributed by atoms with Crippen molar-refractivity contribution in [3.8, 4) is 0 Å². The number of rotatable bonds is 4. The van der Waals surface area contributed by atoms with Gasteiger partial charge in [0, 0.05) is 0 Å². The number of carboxylic acids is 1. The molecule has 0 bridgehead atoms. The van der Waals surface area contributed by atoms with Crippen LogP contribution in [0.15, 0.2) is 24.3 Å². The number of hydrogen-bond acceptors (Lipinski definition) is 3. The maximum absolute atomic E-state index is 13.1. The fourth-order valence-corrected chi connectivity index (χ4v) is 2.42. The summed E-state index contributed by atoms with van der Waals surface area (Å²) in [4.78, 5) is 26.6. The summed E-state index contributed by atoms with van der Waals surface area (Å²) in [6, 6.07) is 5.93. The molecule has 1 aliphatic carbocycles. The number of alkyl halides is 3. The van der Waals surface area contributed by atoms with E-state index < -0.39 is 36.0 Å². The number of aromatic nitrogens is 2. The fraction of sp³-hybridized carbons (Fsp3) is 0.357. The van der Waals surface area contributed by atoms with Gasteiger partial charge in [0.15, 0.2) is 0 Å². The number of fused-ring (bicyclic) bond motifs is 1. The second kappa shape index (κ2) is 4.97. The predicted molar refractivity (Wildman–Crippen MR) is 72.5 cm³/mol. The van der Waals surface area contributed by atoms with Crippen molar-refractivity contribution >= 4 is 22.9 Å². The van der Waals surface area contributed by atoms with E-state index in [1.54, 1.807) is 6.07 Å². The van der Waals surface area contributed by atoms with Gasteiger partial charge >= 0.3 is 12.1 Å². The first-order chi connectivity index (χ1) is 10.7. The molecule has 0 radical (unpaired) electrons. The minimum atomic E-state index is -4.72. The molecule has 0 spiro atoms. The van der Waals surface area contributed by atoms with Crippen LogP contribution in [0.1, 0.15) is 18.7 Å². The number of amides is 1. The molecule has 0 atom stereocenters. The molecule has 1 amide bonds. The van der Waals surface area contributed by atoms with Crippen molar-refractivity contribution in [2.75, 3.05) is 0 Å². The average Bonchev–Trinajstić information content (AvgIpc) is 3.14. The Morgan fingerprint density at radius 2 is 1.96 bits per heavy atom. The zero-order valence-electron chi connectivity index (χ0n) is 11.7. The summed E-state index contributed by atoms with van der Waals surface area (Å²) in [7, 11) is 0. The van der Waals surface area contributed by atoms with E-state index in [2.05, 4.69) is 10.3 Å². The standard InChI is InChI=1S/C14H12F3N3O3/c15-14(16,17)11-18-8-3-1-2-4-9(8)20(11)7-10(21)19-13(5-6-13)12(22)23/h1-4H,5-7H2,(H,19,21)(H,22,23). The molecule has 2 N–H and O–H groups in total. The van der Waals surface area contributed by atoms with Crippen molar-refractivity contribution in [1.29, 1.82) is 0 Å². The van der Waals surface area contributed by atoms with Crippen molar-refractivity contribution < 1.29 is 27.9 Å². The molecule has 1 aromatic carbocycles. The highest BCUT2D eigenvalue weighted by Gasteiger charge is 2.51. The first-order valence-electron chi connectivity index (χ1n) is 6.80. The first kappa shape index (κ1) is 15.3. The molecule has 2 aromatic rings. The van der Waals surface area contributed by atoms with Crippen molar-refractivity contribution in [1.82, 2.24) is 14.9 Å². The lowest BCUT2D eigenvalue weighted by Crippen LogP contribution is -2.44. The molecular weight excluding hydrogens is 315 g/mol. The third kappa shape index (κ3) is 2.73. The van der Waals surface area contributed by atoms with E-state index in [1.807, 2.05) is 0 Å². The Hall–Kier alpha value is -2.58. The number of nitrogens with zero attached hydrogens (tertiary/aromatic N) is 2. The summed E-state index contributed by atoms with van der Waals surface area (Å²) < 4.78 is 40.1. The quantitative estimate of drug-likeness (QED) is 0.897. The SMILES string of the molecule is O=C(Cn1c(C(F)(F)F)nc2ccccc21)NC1(C(=O)O)CC1. The van der Waals surface area contributed by atoms with Crippen LogP contribution in [0.5, 0.6) is 0 Å². The Balaban J connectivity index is 1.93. The highest BCUT2D eigenvalue weighted by molar-refractivity contribution is 5.90. The minimum Gasteiger partial charge on any atom is -0.480 e. The number of hydrogen-bond donors (Lipinski definition) is 2. The second-order valence-electron chi connectivity index (χ2n) is 5.44. The zero-order valence-corrected chi connectivity index (χ0v) is 11.7. The van der Waals surface area contributed by atoms with Gasteiger partial charge in [0.2, 0.25) is 11.7 Å². The number of nitrogens with one attached hydrogen (secondary N) is 1. The van der Waals surface area contributed by atoms with Crippen LogP contribution in [-0.2, 0) is 22.3 Å². The van der Waals surface area contributed by atoms with Gasteiger partial charge in [-0.15, -0.1) is 0 Å². The molecule has 1 aliphatic rings. The third-order valence-electron chi connectivity index (χ3n) is 3.75. The zero-order chi connectivity index (χ0) is 16.8. The summed E-state index contributed by atoms with van der Waals surface area (Å²) in [5.41, 5.74) is -1.06. The largest absolute Gasteiger partial charge is 0.480 e. The molecule has 1 heterocycles. The molecular formula is C14H12F3N3O3. The van der Waals surface area contributed by atoms with E-state index in [0.29, 0.717) is 0 Å². The van der Waals surface area contributed by atoms with Crippen LogP contribution >= 0.6 is 0 Å². The van der Waals surface area contributed by atoms with Gasteiger partial charge < -0.3 is 15.0 Å². The van der Waals surface area contributed by atoms with E-state index in [9.17, 15) is 22.8 Å². The lowest BCUT2D eigenvalue weighted by molar-refractivity contribution is -0.148. The van der Waals surface area contributed by atoms with Crippen molar-refractivity contribution in [2.45, 2.75) is 31.1 Å². The molecule has 1 saturated carbocycles. The number of carboxylic acid groups (broad SMARTS) is 1. The number of halogens is 3. The molecule has 0 unspecified atom stereocenters. The Bertz CT molecular complexity index is 793. The van der Waals surface area contributed by atoms with Gasteiger partial charge in [-0.25, -0.2) is 9.78 Å². The smallest absolute Gasteiger partial charge is 0.449 e. The van der Waals surface area contributed by atoms with Crippen LogP contribution in [0.4, 0.5) is 13.2 Å². The number of aliphatic carboxylic acids is 1. The average molecular weight is 327 g/mol. The van der Waals surface area contributed by atoms with Crippen molar-refractivity contribution in [3.05, 3.63) is 30.1 Å². The summed E-state index contributed by atoms with van der Waals surface area (Å²) in [5.74, 6) is -3.16. The van der Waals surface area contributed by atoms with Crippen molar-refractivity contribution in [3.63, 3.8) is 0 Å². The number of imidazole rings is 1.